The first-order chi connectivity index (χ1) is 18.7. The van der Waals surface area contributed by atoms with Crippen LogP contribution in [0.5, 0.6) is 5.75 Å². The van der Waals surface area contributed by atoms with Crippen LogP contribution < -0.4 is 32.6 Å². The summed E-state index contributed by atoms with van der Waals surface area (Å²) in [5, 5.41) is 5.74. The molecule has 0 saturated heterocycles. The number of carbonyl (C=O) groups is 3. The summed E-state index contributed by atoms with van der Waals surface area (Å²) < 4.78 is 5.87. The predicted octanol–water partition coefficient (Wildman–Crippen LogP) is 0.516. The summed E-state index contributed by atoms with van der Waals surface area (Å²) in [5.74, 6) is -0.337. The second-order valence-corrected chi connectivity index (χ2v) is 10.1. The number of rotatable bonds is 14. The van der Waals surface area contributed by atoms with Crippen LogP contribution in [0.3, 0.4) is 0 Å². The number of ether oxygens (including phenoxy) is 1. The molecule has 3 atom stereocenters. The molecule has 1 aliphatic rings. The third kappa shape index (κ3) is 8.77. The lowest BCUT2D eigenvalue weighted by Gasteiger charge is -2.24. The van der Waals surface area contributed by atoms with Crippen molar-refractivity contribution in [1.82, 2.24) is 15.5 Å². The van der Waals surface area contributed by atoms with E-state index in [4.69, 9.17) is 21.9 Å². The van der Waals surface area contributed by atoms with Gasteiger partial charge >= 0.3 is 0 Å². The van der Waals surface area contributed by atoms with E-state index in [0.29, 0.717) is 32.5 Å². The molecule has 0 bridgehead atoms. The minimum absolute atomic E-state index is 0.135. The van der Waals surface area contributed by atoms with Crippen molar-refractivity contribution < 1.29 is 19.1 Å². The molecule has 10 nitrogen and oxygen atoms in total. The predicted molar refractivity (Wildman–Crippen MR) is 151 cm³/mol. The Morgan fingerprint density at radius 2 is 1.77 bits per heavy atom. The molecule has 0 saturated carbocycles. The summed E-state index contributed by atoms with van der Waals surface area (Å²) in [7, 11) is 0. The minimum atomic E-state index is -1.11. The monoisotopic (exact) mass is 538 g/mol. The van der Waals surface area contributed by atoms with Gasteiger partial charge in [-0.05, 0) is 55.0 Å². The maximum atomic E-state index is 13.3. The van der Waals surface area contributed by atoms with Crippen LogP contribution in [0.1, 0.15) is 42.0 Å². The van der Waals surface area contributed by atoms with Crippen LogP contribution >= 0.6 is 0 Å². The minimum Gasteiger partial charge on any atom is -0.490 e. The van der Waals surface area contributed by atoms with Crippen molar-refractivity contribution in [1.29, 1.82) is 0 Å². The van der Waals surface area contributed by atoms with Crippen molar-refractivity contribution in [2.75, 3.05) is 26.2 Å². The average Bonchev–Trinajstić information content (AvgIpc) is 3.28. The molecule has 0 aromatic heterocycles. The van der Waals surface area contributed by atoms with Crippen LogP contribution in [0.25, 0.3) is 0 Å². The van der Waals surface area contributed by atoms with Crippen molar-refractivity contribution in [3.05, 3.63) is 64.7 Å². The van der Waals surface area contributed by atoms with Gasteiger partial charge in [0.25, 0.3) is 0 Å². The Bertz CT molecular complexity index is 1120. The Morgan fingerprint density at radius 3 is 2.44 bits per heavy atom. The van der Waals surface area contributed by atoms with Crippen LogP contribution in [0.15, 0.2) is 42.5 Å². The van der Waals surface area contributed by atoms with Gasteiger partial charge in [0.15, 0.2) is 0 Å². The van der Waals surface area contributed by atoms with Gasteiger partial charge in [-0.1, -0.05) is 36.4 Å². The van der Waals surface area contributed by atoms with E-state index in [1.54, 1.807) is 0 Å². The first-order valence-electron chi connectivity index (χ1n) is 13.6. The summed E-state index contributed by atoms with van der Waals surface area (Å²) in [5.41, 5.74) is 21.5. The largest absolute Gasteiger partial charge is 0.490 e. The number of hydrogen-bond donors (Lipinski definition) is 5. The van der Waals surface area contributed by atoms with Gasteiger partial charge in [-0.15, -0.1) is 0 Å². The van der Waals surface area contributed by atoms with E-state index in [1.165, 1.54) is 10.5 Å². The average molecular weight is 539 g/mol. The molecule has 8 N–H and O–H groups in total. The topological polar surface area (TPSA) is 166 Å². The maximum absolute atomic E-state index is 13.3. The molecule has 1 heterocycles. The molecule has 39 heavy (non-hydrogen) atoms. The number of nitrogens with zero attached hydrogens (tertiary/aromatic N) is 1. The zero-order valence-corrected chi connectivity index (χ0v) is 22.9. The summed E-state index contributed by atoms with van der Waals surface area (Å²) in [6.07, 6.45) is 1.76. The Kier molecular flexibility index (Phi) is 11.3. The summed E-state index contributed by atoms with van der Waals surface area (Å²) >= 11 is 0. The Hall–Kier alpha value is -3.47. The fourth-order valence-electron chi connectivity index (χ4n) is 4.71. The summed E-state index contributed by atoms with van der Waals surface area (Å²) in [6, 6.07) is 11.9. The number of nitrogens with two attached hydrogens (primary N) is 3. The Balaban J connectivity index is 1.65. The van der Waals surface area contributed by atoms with E-state index in [-0.39, 0.29) is 37.4 Å². The van der Waals surface area contributed by atoms with Crippen LogP contribution in [-0.2, 0) is 33.8 Å². The van der Waals surface area contributed by atoms with E-state index >= 15 is 0 Å². The molecule has 0 aliphatic carbocycles. The summed E-state index contributed by atoms with van der Waals surface area (Å²) in [6.45, 7) is 5.56. The van der Waals surface area contributed by atoms with E-state index in [0.717, 1.165) is 28.9 Å². The SMILES string of the molecule is Cc1cc2c(cc1CNC(=O)C(CCc1ccccc1)NC(=O)C(N)CC(=O)N(CCN)CCN)OC(C)C2. The number of amides is 3. The van der Waals surface area contributed by atoms with Crippen LogP contribution in [0, 0.1) is 6.92 Å². The van der Waals surface area contributed by atoms with E-state index in [1.807, 2.05) is 50.2 Å². The zero-order chi connectivity index (χ0) is 28.4. The number of nitrogens with one attached hydrogen (secondary N) is 2. The number of aryl methyl sites for hydroxylation is 2. The molecule has 3 rings (SSSR count). The Morgan fingerprint density at radius 1 is 1.08 bits per heavy atom. The second kappa shape index (κ2) is 14.6. The van der Waals surface area contributed by atoms with Gasteiger partial charge in [-0.2, -0.15) is 0 Å². The molecular weight excluding hydrogens is 496 g/mol. The van der Waals surface area contributed by atoms with Crippen molar-refractivity contribution >= 4 is 17.7 Å². The van der Waals surface area contributed by atoms with Gasteiger partial charge in [0.05, 0.1) is 12.5 Å². The van der Waals surface area contributed by atoms with Gasteiger partial charge in [-0.25, -0.2) is 0 Å². The zero-order valence-electron chi connectivity index (χ0n) is 22.9. The second-order valence-electron chi connectivity index (χ2n) is 10.1. The lowest BCUT2D eigenvalue weighted by Crippen LogP contribution is -2.53. The molecule has 0 fully saturated rings. The van der Waals surface area contributed by atoms with Crippen LogP contribution in [0.2, 0.25) is 0 Å². The lowest BCUT2D eigenvalue weighted by atomic mass is 10.0. The molecule has 212 valence electrons. The molecule has 1 aliphatic heterocycles. The number of hydrogen-bond acceptors (Lipinski definition) is 7. The van der Waals surface area contributed by atoms with Crippen molar-refractivity contribution in [3.63, 3.8) is 0 Å². The number of carbonyl (C=O) groups excluding carboxylic acids is 3. The molecule has 3 unspecified atom stereocenters. The van der Waals surface area contributed by atoms with Crippen LogP contribution in [0.4, 0.5) is 0 Å². The van der Waals surface area contributed by atoms with Crippen molar-refractivity contribution in [3.8, 4) is 5.75 Å². The van der Waals surface area contributed by atoms with Gasteiger partial charge in [0, 0.05) is 39.1 Å². The number of benzene rings is 2. The molecular formula is C29H42N6O4. The lowest BCUT2D eigenvalue weighted by molar-refractivity contribution is -0.135. The molecule has 0 radical (unpaired) electrons. The first-order valence-corrected chi connectivity index (χ1v) is 13.6. The third-order valence-corrected chi connectivity index (χ3v) is 6.89. The molecule has 3 amide bonds. The van der Waals surface area contributed by atoms with Gasteiger partial charge in [0.1, 0.15) is 17.9 Å². The van der Waals surface area contributed by atoms with Gasteiger partial charge in [0.2, 0.25) is 17.7 Å². The highest BCUT2D eigenvalue weighted by Crippen LogP contribution is 2.31. The maximum Gasteiger partial charge on any atom is 0.242 e. The molecule has 2 aromatic rings. The smallest absolute Gasteiger partial charge is 0.242 e. The van der Waals surface area contributed by atoms with Crippen molar-refractivity contribution in [2.24, 2.45) is 17.2 Å². The fraction of sp³-hybridized carbons (Fsp3) is 0.483. The Labute approximate surface area is 230 Å². The van der Waals surface area contributed by atoms with Gasteiger partial charge in [-0.3, -0.25) is 14.4 Å². The molecule has 0 spiro atoms. The molecule has 2 aromatic carbocycles. The fourth-order valence-corrected chi connectivity index (χ4v) is 4.71. The molecule has 10 heteroatoms. The quantitative estimate of drug-likeness (QED) is 0.234. The normalized spacial score (nSPS) is 15.6. The third-order valence-electron chi connectivity index (χ3n) is 6.89. The van der Waals surface area contributed by atoms with Crippen LogP contribution in [-0.4, -0.2) is 67.0 Å². The van der Waals surface area contributed by atoms with E-state index in [9.17, 15) is 14.4 Å². The standard InChI is InChI=1S/C29H42N6O4/c1-19-14-22-15-20(2)39-26(22)16-23(19)18-33-29(38)25(9-8-21-6-4-3-5-7-21)34-28(37)24(32)17-27(36)35(12-10-30)13-11-31/h3-7,14,16,20,24-25H,8-13,15,17-18,30-32H2,1-2H3,(H,33,38)(H,34,37). The van der Waals surface area contributed by atoms with Crippen molar-refractivity contribution in [2.45, 2.75) is 64.3 Å². The summed E-state index contributed by atoms with van der Waals surface area (Å²) in [4.78, 5) is 40.4. The highest BCUT2D eigenvalue weighted by molar-refractivity contribution is 5.92. The highest BCUT2D eigenvalue weighted by atomic mass is 16.5. The first kappa shape index (κ1) is 30.1. The van der Waals surface area contributed by atoms with E-state index in [2.05, 4.69) is 16.7 Å². The van der Waals surface area contributed by atoms with Gasteiger partial charge < -0.3 is 37.5 Å². The number of fused-ring (bicyclic) bond motifs is 1. The van der Waals surface area contributed by atoms with E-state index < -0.39 is 18.0 Å². The highest BCUT2D eigenvalue weighted by Gasteiger charge is 2.27.